The number of likely N-dealkylation sites (tertiary alicyclic amines) is 1. The van der Waals surface area contributed by atoms with Gasteiger partial charge in [-0.2, -0.15) is 13.2 Å². The maximum atomic E-state index is 13.5. The van der Waals surface area contributed by atoms with Gasteiger partial charge in [-0.3, -0.25) is 9.59 Å². The van der Waals surface area contributed by atoms with E-state index in [-0.39, 0.29) is 5.69 Å². The van der Waals surface area contributed by atoms with Gasteiger partial charge in [0, 0.05) is 13.1 Å². The number of halogens is 3. The first-order chi connectivity index (χ1) is 14.7. The highest BCUT2D eigenvalue weighted by atomic mass is 19.4. The Labute approximate surface area is 179 Å². The van der Waals surface area contributed by atoms with Crippen molar-refractivity contribution in [1.82, 2.24) is 4.90 Å². The Morgan fingerprint density at radius 3 is 1.97 bits per heavy atom. The van der Waals surface area contributed by atoms with Crippen LogP contribution in [-0.2, 0) is 15.8 Å². The van der Waals surface area contributed by atoms with Crippen LogP contribution in [0.1, 0.15) is 31.4 Å². The number of benzene rings is 2. The van der Waals surface area contributed by atoms with Gasteiger partial charge in [0.25, 0.3) is 11.8 Å². The fourth-order valence-corrected chi connectivity index (χ4v) is 4.56. The molecule has 31 heavy (non-hydrogen) atoms. The maximum Gasteiger partial charge on any atom is 0.416 e. The van der Waals surface area contributed by atoms with E-state index in [0.29, 0.717) is 41.8 Å². The molecule has 2 amide bonds. The van der Waals surface area contributed by atoms with E-state index < -0.39 is 23.6 Å². The van der Waals surface area contributed by atoms with Crippen molar-refractivity contribution in [3.05, 3.63) is 71.4 Å². The van der Waals surface area contributed by atoms with Crippen LogP contribution >= 0.6 is 0 Å². The molecule has 4 rings (SSSR count). The monoisotopic (exact) mass is 428 g/mol. The summed E-state index contributed by atoms with van der Waals surface area (Å²) in [5, 5.41) is 0. The molecule has 2 unspecified atom stereocenters. The Bertz CT molecular complexity index is 1020. The van der Waals surface area contributed by atoms with Crippen LogP contribution < -0.4 is 4.90 Å². The van der Waals surface area contributed by atoms with Gasteiger partial charge in [-0.05, 0) is 48.1 Å². The van der Waals surface area contributed by atoms with Crippen molar-refractivity contribution < 1.29 is 22.8 Å². The molecular weight excluding hydrogens is 405 g/mol. The topological polar surface area (TPSA) is 40.6 Å². The zero-order valence-electron chi connectivity index (χ0n) is 17.3. The molecule has 2 aliphatic heterocycles. The highest BCUT2D eigenvalue weighted by Crippen LogP contribution is 2.38. The summed E-state index contributed by atoms with van der Waals surface area (Å²) in [6.07, 6.45) is -3.45. The lowest BCUT2D eigenvalue weighted by atomic mass is 9.91. The molecule has 0 spiro atoms. The largest absolute Gasteiger partial charge is 0.416 e. The fourth-order valence-electron chi connectivity index (χ4n) is 4.56. The van der Waals surface area contributed by atoms with Crippen molar-refractivity contribution in [3.63, 3.8) is 0 Å². The number of amides is 2. The molecule has 1 saturated heterocycles. The molecule has 2 heterocycles. The molecule has 2 aromatic rings. The normalized spacial score (nSPS) is 22.5. The Kier molecular flexibility index (Phi) is 5.37. The van der Waals surface area contributed by atoms with Crippen molar-refractivity contribution in [3.8, 4) is 0 Å². The second-order valence-corrected chi connectivity index (χ2v) is 8.43. The average molecular weight is 428 g/mol. The van der Waals surface area contributed by atoms with E-state index >= 15 is 0 Å². The molecule has 0 aliphatic carbocycles. The minimum atomic E-state index is -4.49. The summed E-state index contributed by atoms with van der Waals surface area (Å²) in [6.45, 7) is 5.52. The van der Waals surface area contributed by atoms with Gasteiger partial charge in [0.05, 0.1) is 16.8 Å². The molecule has 162 valence electrons. The lowest BCUT2D eigenvalue weighted by Gasteiger charge is -2.37. The van der Waals surface area contributed by atoms with E-state index in [0.717, 1.165) is 23.5 Å². The zero-order chi connectivity index (χ0) is 22.3. The Morgan fingerprint density at radius 1 is 0.839 bits per heavy atom. The molecular formula is C24H23F3N2O2. The average Bonchev–Trinajstić information content (AvgIpc) is 2.97. The van der Waals surface area contributed by atoms with Gasteiger partial charge in [-0.1, -0.05) is 44.2 Å². The van der Waals surface area contributed by atoms with Crippen LogP contribution in [0.4, 0.5) is 18.9 Å². The zero-order valence-corrected chi connectivity index (χ0v) is 17.3. The number of nitrogens with zero attached hydrogens (tertiary/aromatic N) is 2. The van der Waals surface area contributed by atoms with Gasteiger partial charge in [-0.25, -0.2) is 4.90 Å². The summed E-state index contributed by atoms with van der Waals surface area (Å²) in [6, 6.07) is 13.1. The van der Waals surface area contributed by atoms with Crippen molar-refractivity contribution in [2.75, 3.05) is 18.0 Å². The first kappa shape index (κ1) is 21.2. The molecule has 0 aromatic heterocycles. The number of anilines is 1. The summed E-state index contributed by atoms with van der Waals surface area (Å²) in [5.74, 6) is -0.297. The summed E-state index contributed by atoms with van der Waals surface area (Å²) in [4.78, 5) is 29.8. The van der Waals surface area contributed by atoms with E-state index in [4.69, 9.17) is 0 Å². The van der Waals surface area contributed by atoms with Crippen LogP contribution in [0.2, 0.25) is 0 Å². The maximum absolute atomic E-state index is 13.5. The van der Waals surface area contributed by atoms with Crippen molar-refractivity contribution in [2.45, 2.75) is 26.4 Å². The quantitative estimate of drug-likeness (QED) is 0.649. The molecule has 2 aromatic carbocycles. The van der Waals surface area contributed by atoms with Crippen LogP contribution in [0.5, 0.6) is 0 Å². The number of imide groups is 1. The SMILES string of the molecule is CC1CC(C)CN(C2=C(c3ccccc3)C(=O)N(c3ccc(C(F)(F)F)cc3)C2=O)C1. The highest BCUT2D eigenvalue weighted by Gasteiger charge is 2.44. The smallest absolute Gasteiger partial charge is 0.366 e. The van der Waals surface area contributed by atoms with Crippen LogP contribution in [0, 0.1) is 11.8 Å². The number of piperidine rings is 1. The number of carbonyl (C=O) groups excluding carboxylic acids is 2. The van der Waals surface area contributed by atoms with Crippen LogP contribution in [0.15, 0.2) is 60.3 Å². The van der Waals surface area contributed by atoms with Gasteiger partial charge in [-0.15, -0.1) is 0 Å². The second kappa shape index (κ2) is 7.87. The highest BCUT2D eigenvalue weighted by molar-refractivity contribution is 6.45. The number of hydrogen-bond acceptors (Lipinski definition) is 3. The van der Waals surface area contributed by atoms with E-state index in [2.05, 4.69) is 13.8 Å². The molecule has 4 nitrogen and oxygen atoms in total. The third-order valence-corrected chi connectivity index (χ3v) is 5.76. The minimum absolute atomic E-state index is 0.129. The first-order valence-corrected chi connectivity index (χ1v) is 10.3. The first-order valence-electron chi connectivity index (χ1n) is 10.3. The summed E-state index contributed by atoms with van der Waals surface area (Å²) < 4.78 is 38.8. The number of carbonyl (C=O) groups is 2. The third kappa shape index (κ3) is 3.96. The summed E-state index contributed by atoms with van der Waals surface area (Å²) >= 11 is 0. The van der Waals surface area contributed by atoms with Crippen molar-refractivity contribution in [1.29, 1.82) is 0 Å². The van der Waals surface area contributed by atoms with Gasteiger partial charge >= 0.3 is 6.18 Å². The van der Waals surface area contributed by atoms with Gasteiger partial charge in [0.2, 0.25) is 0 Å². The predicted molar refractivity (Wildman–Crippen MR) is 112 cm³/mol. The van der Waals surface area contributed by atoms with Crippen LogP contribution in [-0.4, -0.2) is 29.8 Å². The molecule has 0 radical (unpaired) electrons. The third-order valence-electron chi connectivity index (χ3n) is 5.76. The van der Waals surface area contributed by atoms with Crippen molar-refractivity contribution in [2.24, 2.45) is 11.8 Å². The minimum Gasteiger partial charge on any atom is -0.366 e. The van der Waals surface area contributed by atoms with Crippen LogP contribution in [0.25, 0.3) is 5.57 Å². The van der Waals surface area contributed by atoms with E-state index in [1.165, 1.54) is 12.1 Å². The van der Waals surface area contributed by atoms with E-state index in [9.17, 15) is 22.8 Å². The number of alkyl halides is 3. The summed E-state index contributed by atoms with van der Waals surface area (Å²) in [7, 11) is 0. The molecule has 0 bridgehead atoms. The molecule has 0 saturated carbocycles. The number of rotatable bonds is 3. The Balaban J connectivity index is 1.77. The molecule has 1 fully saturated rings. The Hall–Kier alpha value is -3.09. The lowest BCUT2D eigenvalue weighted by molar-refractivity contribution is -0.137. The van der Waals surface area contributed by atoms with Crippen molar-refractivity contribution >= 4 is 23.1 Å². The Morgan fingerprint density at radius 2 is 1.42 bits per heavy atom. The van der Waals surface area contributed by atoms with Crippen LogP contribution in [0.3, 0.4) is 0 Å². The van der Waals surface area contributed by atoms with Gasteiger partial charge in [0.15, 0.2) is 0 Å². The molecule has 7 heteroatoms. The molecule has 2 aliphatic rings. The van der Waals surface area contributed by atoms with Gasteiger partial charge in [0.1, 0.15) is 5.70 Å². The van der Waals surface area contributed by atoms with E-state index in [1.807, 2.05) is 11.0 Å². The fraction of sp³-hybridized carbons (Fsp3) is 0.333. The second-order valence-electron chi connectivity index (χ2n) is 8.43. The number of hydrogen-bond donors (Lipinski definition) is 0. The summed E-state index contributed by atoms with van der Waals surface area (Å²) in [5.41, 5.74) is 0.549. The van der Waals surface area contributed by atoms with Gasteiger partial charge < -0.3 is 4.90 Å². The van der Waals surface area contributed by atoms with E-state index in [1.54, 1.807) is 24.3 Å². The molecule has 2 atom stereocenters. The predicted octanol–water partition coefficient (Wildman–Crippen LogP) is 4.97. The standard InChI is InChI=1S/C24H23F3N2O2/c1-15-12-16(2)14-28(13-15)21-20(17-6-4-3-5-7-17)22(30)29(23(21)31)19-10-8-18(9-11-19)24(25,26)27/h3-11,15-16H,12-14H2,1-2H3. The molecule has 0 N–H and O–H groups in total. The lowest BCUT2D eigenvalue weighted by Crippen LogP contribution is -2.42.